The number of carboxylic acids is 1. The highest BCUT2D eigenvalue weighted by Crippen LogP contribution is 2.25. The molecule has 8 N–H and O–H groups in total. The molecule has 3 aromatic rings. The number of esters is 1. The van der Waals surface area contributed by atoms with Gasteiger partial charge in [-0.15, -0.1) is 0 Å². The third kappa shape index (κ3) is 8.68. The number of amides is 2. The van der Waals surface area contributed by atoms with Crippen molar-refractivity contribution in [3.8, 4) is 5.75 Å². The molecule has 212 valence electrons. The molecule has 0 spiro atoms. The van der Waals surface area contributed by atoms with Gasteiger partial charge in [-0.25, -0.2) is 19.6 Å². The highest BCUT2D eigenvalue weighted by Gasteiger charge is 2.21. The van der Waals surface area contributed by atoms with Crippen LogP contribution in [0, 0.1) is 0 Å². The summed E-state index contributed by atoms with van der Waals surface area (Å²) in [5.41, 5.74) is 10.9. The average Bonchev–Trinajstić information content (AvgIpc) is 2.93. The molecule has 14 nitrogen and oxygen atoms in total. The second kappa shape index (κ2) is 14.5. The number of rotatable bonds is 13. The number of hydrogen-bond acceptors (Lipinski definition) is 11. The Balaban J connectivity index is 1.40. The van der Waals surface area contributed by atoms with E-state index in [0.717, 1.165) is 10.8 Å². The van der Waals surface area contributed by atoms with Crippen molar-refractivity contribution in [2.24, 2.45) is 0 Å². The van der Waals surface area contributed by atoms with Gasteiger partial charge in [0, 0.05) is 38.0 Å². The maximum Gasteiger partial charge on any atom is 0.417 e. The van der Waals surface area contributed by atoms with E-state index >= 15 is 0 Å². The predicted octanol–water partition coefficient (Wildman–Crippen LogP) is 0.349. The largest absolute Gasteiger partial charge is 0.489 e. The summed E-state index contributed by atoms with van der Waals surface area (Å²) < 4.78 is 10.8. The number of fused-ring (bicyclic) bond motifs is 1. The van der Waals surface area contributed by atoms with Crippen LogP contribution < -0.4 is 32.2 Å². The molecule has 2 aromatic carbocycles. The van der Waals surface area contributed by atoms with Crippen LogP contribution in [0.4, 0.5) is 11.6 Å². The fourth-order valence-electron chi connectivity index (χ4n) is 3.46. The molecule has 0 saturated carbocycles. The summed E-state index contributed by atoms with van der Waals surface area (Å²) in [6, 6.07) is 13.1. The Kier molecular flexibility index (Phi) is 10.8. The average molecular weight is 574 g/mol. The van der Waals surface area contributed by atoms with Crippen LogP contribution in [0.25, 0.3) is 10.8 Å². The van der Waals surface area contributed by atoms with Gasteiger partial charge in [0.05, 0.1) is 0 Å². The summed E-state index contributed by atoms with van der Waals surface area (Å²) in [5, 5.41) is 18.7. The molecule has 1 unspecified atom stereocenters. The molecule has 2 amide bonds. The first-order valence-electron chi connectivity index (χ1n) is 12.0. The summed E-state index contributed by atoms with van der Waals surface area (Å²) in [7, 11) is 0. The Labute approximate surface area is 233 Å². The molecule has 0 saturated heterocycles. The van der Waals surface area contributed by atoms with Crippen molar-refractivity contribution in [1.82, 2.24) is 25.9 Å². The van der Waals surface area contributed by atoms with Crippen molar-refractivity contribution in [2.75, 3.05) is 44.3 Å². The van der Waals surface area contributed by atoms with E-state index in [1.807, 2.05) is 36.4 Å². The number of ether oxygens (including phenoxy) is 2. The van der Waals surface area contributed by atoms with E-state index in [0.29, 0.717) is 5.75 Å². The number of nitrogens with two attached hydrogens (primary N) is 2. The van der Waals surface area contributed by atoms with E-state index in [2.05, 4.69) is 25.9 Å². The van der Waals surface area contributed by atoms with Crippen molar-refractivity contribution >= 4 is 57.8 Å². The third-order valence-electron chi connectivity index (χ3n) is 5.38. The summed E-state index contributed by atoms with van der Waals surface area (Å²) in [5.74, 6) is -3.86. The fourth-order valence-corrected chi connectivity index (χ4v) is 3.59. The highest BCUT2D eigenvalue weighted by atomic mass is 35.5. The number of nitrogens with one attached hydrogen (secondary N) is 3. The number of nitrogen functional groups attached to an aromatic ring is 2. The summed E-state index contributed by atoms with van der Waals surface area (Å²) in [4.78, 5) is 54.3. The summed E-state index contributed by atoms with van der Waals surface area (Å²) >= 11 is 5.76. The van der Waals surface area contributed by atoms with Crippen molar-refractivity contribution in [3.63, 3.8) is 0 Å². The lowest BCUT2D eigenvalue weighted by Gasteiger charge is -2.19. The monoisotopic (exact) mass is 573 g/mol. The van der Waals surface area contributed by atoms with Crippen LogP contribution >= 0.6 is 11.6 Å². The first kappa shape index (κ1) is 29.9. The lowest BCUT2D eigenvalue weighted by Crippen LogP contribution is -2.40. The minimum Gasteiger partial charge on any atom is -0.489 e. The minimum atomic E-state index is -1.72. The van der Waals surface area contributed by atoms with Gasteiger partial charge in [-0.1, -0.05) is 48.0 Å². The number of carboxylic acid groups (broad SMARTS) is 1. The quantitative estimate of drug-likeness (QED) is 0.0926. The van der Waals surface area contributed by atoms with E-state index in [9.17, 15) is 19.2 Å². The van der Waals surface area contributed by atoms with E-state index in [4.69, 9.17) is 37.6 Å². The van der Waals surface area contributed by atoms with Crippen LogP contribution in [0.15, 0.2) is 42.5 Å². The molecule has 1 heterocycles. The van der Waals surface area contributed by atoms with E-state index in [-0.39, 0.29) is 67.6 Å². The maximum absolute atomic E-state index is 12.2. The first-order chi connectivity index (χ1) is 19.2. The summed E-state index contributed by atoms with van der Waals surface area (Å²) in [6.45, 7) is 0.467. The zero-order valence-electron chi connectivity index (χ0n) is 21.2. The molecule has 1 aromatic heterocycles. The van der Waals surface area contributed by atoms with Crippen molar-refractivity contribution in [3.05, 3.63) is 53.3 Å². The Morgan fingerprint density at radius 3 is 2.48 bits per heavy atom. The van der Waals surface area contributed by atoms with E-state index < -0.39 is 23.9 Å². The number of carbonyl (C=O) groups is 4. The number of aromatic nitrogens is 2. The van der Waals surface area contributed by atoms with Crippen molar-refractivity contribution < 1.29 is 33.8 Å². The van der Waals surface area contributed by atoms with Gasteiger partial charge in [-0.2, -0.15) is 0 Å². The first-order valence-corrected chi connectivity index (χ1v) is 12.4. The predicted molar refractivity (Wildman–Crippen MR) is 146 cm³/mol. The van der Waals surface area contributed by atoms with Gasteiger partial charge < -0.3 is 42.0 Å². The van der Waals surface area contributed by atoms with Crippen LogP contribution in [0.1, 0.15) is 16.9 Å². The Bertz CT molecular complexity index is 1380. The third-order valence-corrected chi connectivity index (χ3v) is 5.65. The standard InChI is InChI=1S/C25H28ClN7O7/c26-20-22(28)33-21(27)19(32-20)23(35)31-9-8-18(34)30-11-10-29-12-15(40-25(38)24(36)37)13-39-17-7-3-5-14-4-1-2-6-16(14)17/h1-7,15,29H,8-13H2,(H,30,34)(H,31,35)(H,36,37)(H4,27,28,33). The van der Waals surface area contributed by atoms with Gasteiger partial charge in [0.15, 0.2) is 22.5 Å². The second-order valence-electron chi connectivity index (χ2n) is 8.31. The number of benzene rings is 2. The van der Waals surface area contributed by atoms with E-state index in [1.54, 1.807) is 6.07 Å². The van der Waals surface area contributed by atoms with Crippen molar-refractivity contribution in [1.29, 1.82) is 0 Å². The normalized spacial score (nSPS) is 11.4. The lowest BCUT2D eigenvalue weighted by atomic mass is 10.1. The molecular weight excluding hydrogens is 546 g/mol. The lowest BCUT2D eigenvalue weighted by molar-refractivity contribution is -0.168. The van der Waals surface area contributed by atoms with Gasteiger partial charge in [0.1, 0.15) is 18.5 Å². The van der Waals surface area contributed by atoms with Crippen LogP contribution in [-0.4, -0.2) is 77.7 Å². The minimum absolute atomic E-state index is 0.0000676. The number of hydrogen-bond donors (Lipinski definition) is 6. The molecule has 0 aliphatic carbocycles. The molecule has 1 atom stereocenters. The number of aliphatic carboxylic acids is 1. The molecule has 40 heavy (non-hydrogen) atoms. The number of anilines is 2. The molecule has 0 fully saturated rings. The van der Waals surface area contributed by atoms with Gasteiger partial charge in [0.25, 0.3) is 5.91 Å². The smallest absolute Gasteiger partial charge is 0.417 e. The van der Waals surface area contributed by atoms with Crippen LogP contribution in [0.3, 0.4) is 0 Å². The summed E-state index contributed by atoms with van der Waals surface area (Å²) in [6.07, 6.45) is -0.940. The molecule has 0 aliphatic heterocycles. The Morgan fingerprint density at radius 1 is 0.950 bits per heavy atom. The van der Waals surface area contributed by atoms with E-state index in [1.165, 1.54) is 0 Å². The molecular formula is C25H28ClN7O7. The topological polar surface area (TPSA) is 221 Å². The molecule has 15 heteroatoms. The Hall–Kier alpha value is -4.69. The van der Waals surface area contributed by atoms with Gasteiger partial charge in [-0.05, 0) is 11.5 Å². The SMILES string of the molecule is Nc1nc(N)c(C(=O)NCCC(=O)NCCNCC(COc2cccc3ccccc23)OC(=O)C(=O)O)nc1Cl. The van der Waals surface area contributed by atoms with Crippen LogP contribution in [0.2, 0.25) is 5.15 Å². The maximum atomic E-state index is 12.2. The van der Waals surface area contributed by atoms with Crippen LogP contribution in [-0.2, 0) is 19.1 Å². The van der Waals surface area contributed by atoms with Gasteiger partial charge >= 0.3 is 11.9 Å². The molecule has 0 bridgehead atoms. The zero-order chi connectivity index (χ0) is 29.1. The molecule has 3 rings (SSSR count). The van der Waals surface area contributed by atoms with Crippen LogP contribution in [0.5, 0.6) is 5.75 Å². The second-order valence-corrected chi connectivity index (χ2v) is 8.67. The highest BCUT2D eigenvalue weighted by molar-refractivity contribution is 6.31. The molecule has 0 radical (unpaired) electrons. The van der Waals surface area contributed by atoms with Gasteiger partial charge in [-0.3, -0.25) is 9.59 Å². The fraction of sp³-hybridized carbons (Fsp3) is 0.280. The van der Waals surface area contributed by atoms with Gasteiger partial charge in [0.2, 0.25) is 5.91 Å². The number of halogens is 1. The number of carbonyl (C=O) groups excluding carboxylic acids is 3. The van der Waals surface area contributed by atoms with Crippen molar-refractivity contribution in [2.45, 2.75) is 12.5 Å². The molecule has 0 aliphatic rings. The zero-order valence-corrected chi connectivity index (χ0v) is 21.9. The Morgan fingerprint density at radius 2 is 1.70 bits per heavy atom. The number of nitrogens with zero attached hydrogens (tertiary/aromatic N) is 2.